The zero-order valence-corrected chi connectivity index (χ0v) is 11.6. The van der Waals surface area contributed by atoms with Gasteiger partial charge in [-0.05, 0) is 26.2 Å². The van der Waals surface area contributed by atoms with Crippen molar-refractivity contribution in [2.45, 2.75) is 45.2 Å². The molecule has 0 aliphatic carbocycles. The van der Waals surface area contributed by atoms with Crippen LogP contribution >= 0.6 is 0 Å². The number of nitrogens with two attached hydrogens (primary N) is 1. The van der Waals surface area contributed by atoms with Crippen molar-refractivity contribution in [1.82, 2.24) is 9.88 Å². The Morgan fingerprint density at radius 3 is 2.90 bits per heavy atom. The zero-order valence-electron chi connectivity index (χ0n) is 11.6. The summed E-state index contributed by atoms with van der Waals surface area (Å²) in [5, 5.41) is 10.8. The quantitative estimate of drug-likeness (QED) is 0.672. The summed E-state index contributed by atoms with van der Waals surface area (Å²) < 4.78 is 0. The van der Waals surface area contributed by atoms with E-state index < -0.39 is 4.92 Å². The van der Waals surface area contributed by atoms with E-state index in [9.17, 15) is 14.9 Å². The van der Waals surface area contributed by atoms with Crippen LogP contribution < -0.4 is 5.73 Å². The number of hydrogen-bond acceptors (Lipinski definition) is 5. The maximum absolute atomic E-state index is 12.6. The predicted molar refractivity (Wildman–Crippen MR) is 74.2 cm³/mol. The molecule has 2 heterocycles. The number of carbonyl (C=O) groups excluding carboxylic acids is 1. The number of anilines is 1. The van der Waals surface area contributed by atoms with Crippen molar-refractivity contribution in [1.29, 1.82) is 0 Å². The number of nitrogen functional groups attached to an aromatic ring is 1. The van der Waals surface area contributed by atoms with Crippen LogP contribution in [0.1, 0.15) is 43.5 Å². The first-order chi connectivity index (χ1) is 9.45. The number of hydrogen-bond donors (Lipinski definition) is 1. The molecule has 2 rings (SSSR count). The Morgan fingerprint density at radius 2 is 2.30 bits per heavy atom. The minimum atomic E-state index is -0.575. The largest absolute Gasteiger partial charge is 0.383 e. The van der Waals surface area contributed by atoms with Gasteiger partial charge in [0.2, 0.25) is 0 Å². The molecule has 1 aromatic rings. The van der Waals surface area contributed by atoms with Crippen LogP contribution in [-0.2, 0) is 0 Å². The van der Waals surface area contributed by atoms with Crippen molar-refractivity contribution in [3.63, 3.8) is 0 Å². The summed E-state index contributed by atoms with van der Waals surface area (Å²) in [7, 11) is 0. The van der Waals surface area contributed by atoms with Crippen LogP contribution in [-0.4, -0.2) is 32.8 Å². The van der Waals surface area contributed by atoms with E-state index in [0.29, 0.717) is 0 Å². The van der Waals surface area contributed by atoms with Crippen LogP contribution in [0.25, 0.3) is 0 Å². The second kappa shape index (κ2) is 5.44. The number of aromatic nitrogens is 1. The fraction of sp³-hybridized carbons (Fsp3) is 0.538. The first kappa shape index (κ1) is 14.2. The number of nitro groups is 1. The fourth-order valence-corrected chi connectivity index (χ4v) is 2.71. The molecule has 7 nitrogen and oxygen atoms in total. The molecule has 1 aliphatic rings. The van der Waals surface area contributed by atoms with Crippen LogP contribution in [0.2, 0.25) is 0 Å². The van der Waals surface area contributed by atoms with E-state index in [1.807, 2.05) is 13.8 Å². The SMILES string of the molecule is CCC1CCC(C)N1C(=O)c1cc([N+](=O)[O-])cnc1N. The lowest BCUT2D eigenvalue weighted by Gasteiger charge is -2.28. The fourth-order valence-electron chi connectivity index (χ4n) is 2.71. The highest BCUT2D eigenvalue weighted by molar-refractivity contribution is 5.99. The third kappa shape index (κ3) is 2.43. The van der Waals surface area contributed by atoms with Gasteiger partial charge in [-0.2, -0.15) is 0 Å². The molecule has 2 unspecified atom stereocenters. The first-order valence-electron chi connectivity index (χ1n) is 6.68. The van der Waals surface area contributed by atoms with E-state index in [0.717, 1.165) is 25.5 Å². The van der Waals surface area contributed by atoms with Crippen molar-refractivity contribution in [3.8, 4) is 0 Å². The monoisotopic (exact) mass is 278 g/mol. The van der Waals surface area contributed by atoms with Crippen LogP contribution in [0.3, 0.4) is 0 Å². The Kier molecular flexibility index (Phi) is 3.87. The summed E-state index contributed by atoms with van der Waals surface area (Å²) in [6, 6.07) is 1.49. The van der Waals surface area contributed by atoms with Crippen molar-refractivity contribution in [2.24, 2.45) is 0 Å². The van der Waals surface area contributed by atoms with Crippen molar-refractivity contribution in [3.05, 3.63) is 27.9 Å². The van der Waals surface area contributed by atoms with Gasteiger partial charge in [-0.25, -0.2) is 4.98 Å². The lowest BCUT2D eigenvalue weighted by Crippen LogP contribution is -2.40. The molecule has 1 fully saturated rings. The summed E-state index contributed by atoms with van der Waals surface area (Å²) in [6.45, 7) is 4.01. The van der Waals surface area contributed by atoms with Crippen LogP contribution in [0.5, 0.6) is 0 Å². The van der Waals surface area contributed by atoms with Crippen molar-refractivity contribution >= 4 is 17.4 Å². The molecular formula is C13H18N4O3. The topological polar surface area (TPSA) is 102 Å². The number of amides is 1. The predicted octanol–water partition coefficient (Wildman–Crippen LogP) is 1.98. The summed E-state index contributed by atoms with van der Waals surface area (Å²) in [4.78, 5) is 28.4. The summed E-state index contributed by atoms with van der Waals surface area (Å²) in [6.07, 6.45) is 3.81. The lowest BCUT2D eigenvalue weighted by atomic mass is 10.1. The minimum absolute atomic E-state index is 0.0366. The van der Waals surface area contributed by atoms with Gasteiger partial charge in [0.1, 0.15) is 12.0 Å². The van der Waals surface area contributed by atoms with Crippen LogP contribution in [0, 0.1) is 10.1 Å². The molecule has 20 heavy (non-hydrogen) atoms. The average molecular weight is 278 g/mol. The minimum Gasteiger partial charge on any atom is -0.383 e. The molecule has 0 radical (unpaired) electrons. The number of pyridine rings is 1. The van der Waals surface area contributed by atoms with E-state index in [4.69, 9.17) is 5.73 Å². The van der Waals surface area contributed by atoms with E-state index in [-0.39, 0.29) is 35.1 Å². The molecule has 0 saturated carbocycles. The molecule has 1 amide bonds. The van der Waals surface area contributed by atoms with Crippen LogP contribution in [0.4, 0.5) is 11.5 Å². The number of nitrogens with zero attached hydrogens (tertiary/aromatic N) is 3. The second-order valence-electron chi connectivity index (χ2n) is 5.08. The molecule has 108 valence electrons. The molecule has 2 N–H and O–H groups in total. The highest BCUT2D eigenvalue weighted by Crippen LogP contribution is 2.29. The highest BCUT2D eigenvalue weighted by Gasteiger charge is 2.35. The van der Waals surface area contributed by atoms with Gasteiger partial charge < -0.3 is 10.6 Å². The van der Waals surface area contributed by atoms with Crippen molar-refractivity contribution < 1.29 is 9.72 Å². The summed E-state index contributed by atoms with van der Waals surface area (Å²) >= 11 is 0. The van der Waals surface area contributed by atoms with E-state index in [2.05, 4.69) is 4.98 Å². The molecule has 1 saturated heterocycles. The molecular weight excluding hydrogens is 260 g/mol. The van der Waals surface area contributed by atoms with Gasteiger partial charge in [0, 0.05) is 18.2 Å². The first-order valence-corrected chi connectivity index (χ1v) is 6.68. The number of likely N-dealkylation sites (tertiary alicyclic amines) is 1. The third-order valence-electron chi connectivity index (χ3n) is 3.84. The molecule has 1 aromatic heterocycles. The lowest BCUT2D eigenvalue weighted by molar-refractivity contribution is -0.385. The Balaban J connectivity index is 2.37. The molecule has 0 bridgehead atoms. The molecule has 1 aliphatic heterocycles. The van der Waals surface area contributed by atoms with Gasteiger partial charge in [-0.1, -0.05) is 6.92 Å². The maximum Gasteiger partial charge on any atom is 0.288 e. The van der Waals surface area contributed by atoms with E-state index in [1.165, 1.54) is 6.07 Å². The van der Waals surface area contributed by atoms with Gasteiger partial charge in [-0.15, -0.1) is 0 Å². The highest BCUT2D eigenvalue weighted by atomic mass is 16.6. The summed E-state index contributed by atoms with van der Waals surface area (Å²) in [5.41, 5.74) is 5.61. The standard InChI is InChI=1S/C13H18N4O3/c1-3-9-5-4-8(2)16(9)13(18)11-6-10(17(19)20)7-15-12(11)14/h6-9H,3-5H2,1-2H3,(H2,14,15). The number of carbonyl (C=O) groups is 1. The Bertz CT molecular complexity index is 546. The smallest absolute Gasteiger partial charge is 0.288 e. The Morgan fingerprint density at radius 1 is 1.60 bits per heavy atom. The normalized spacial score (nSPS) is 22.0. The zero-order chi connectivity index (χ0) is 14.9. The molecule has 0 aromatic carbocycles. The van der Waals surface area contributed by atoms with E-state index in [1.54, 1.807) is 4.90 Å². The van der Waals surface area contributed by atoms with Gasteiger partial charge in [0.05, 0.1) is 10.5 Å². The van der Waals surface area contributed by atoms with E-state index >= 15 is 0 Å². The summed E-state index contributed by atoms with van der Waals surface area (Å²) in [5.74, 6) is -0.231. The average Bonchev–Trinajstić information content (AvgIpc) is 2.79. The molecule has 0 spiro atoms. The second-order valence-corrected chi connectivity index (χ2v) is 5.08. The molecule has 2 atom stereocenters. The van der Waals surface area contributed by atoms with Crippen LogP contribution in [0.15, 0.2) is 12.3 Å². The Labute approximate surface area is 116 Å². The van der Waals surface area contributed by atoms with Gasteiger partial charge >= 0.3 is 0 Å². The maximum atomic E-state index is 12.6. The number of rotatable bonds is 3. The third-order valence-corrected chi connectivity index (χ3v) is 3.84. The molecule has 7 heteroatoms. The van der Waals surface area contributed by atoms with Gasteiger partial charge in [0.15, 0.2) is 0 Å². The van der Waals surface area contributed by atoms with Gasteiger partial charge in [-0.3, -0.25) is 14.9 Å². The Hall–Kier alpha value is -2.18. The van der Waals surface area contributed by atoms with Crippen molar-refractivity contribution in [2.75, 3.05) is 5.73 Å². The van der Waals surface area contributed by atoms with Gasteiger partial charge in [0.25, 0.3) is 11.6 Å².